The number of carboxylic acids is 2. The van der Waals surface area contributed by atoms with Gasteiger partial charge in [-0.1, -0.05) is 12.1 Å². The number of aliphatic hydroxyl groups excluding tert-OH is 1. The molecule has 0 amide bonds. The molecule has 0 heterocycles. The van der Waals surface area contributed by atoms with Gasteiger partial charge in [-0.3, -0.25) is 0 Å². The zero-order valence-corrected chi connectivity index (χ0v) is 7.97. The van der Waals surface area contributed by atoms with Crippen molar-refractivity contribution in [2.75, 3.05) is 0 Å². The lowest BCUT2D eigenvalue weighted by Gasteiger charge is -2.08. The second-order valence-electron chi connectivity index (χ2n) is 3.12. The molecule has 15 heavy (non-hydrogen) atoms. The van der Waals surface area contributed by atoms with Crippen LogP contribution >= 0.6 is 0 Å². The average molecular weight is 210 g/mol. The van der Waals surface area contributed by atoms with Crippen LogP contribution in [0.15, 0.2) is 18.2 Å². The molecule has 80 valence electrons. The van der Waals surface area contributed by atoms with E-state index in [1.165, 1.54) is 12.1 Å². The molecule has 5 heteroatoms. The highest BCUT2D eigenvalue weighted by Crippen LogP contribution is 2.17. The third-order valence-corrected chi connectivity index (χ3v) is 2.04. The number of aliphatic hydroxyl groups is 1. The van der Waals surface area contributed by atoms with Crippen LogP contribution in [0.2, 0.25) is 0 Å². The molecule has 3 N–H and O–H groups in total. The molecule has 1 aromatic carbocycles. The minimum absolute atomic E-state index is 0.00667. The Morgan fingerprint density at radius 3 is 2.33 bits per heavy atom. The fraction of sp³-hybridized carbons (Fsp3) is 0.200. The molecule has 0 radical (unpaired) electrons. The molecule has 0 bridgehead atoms. The van der Waals surface area contributed by atoms with Crippen molar-refractivity contribution in [3.8, 4) is 0 Å². The van der Waals surface area contributed by atoms with E-state index in [4.69, 9.17) is 10.2 Å². The van der Waals surface area contributed by atoms with Crippen molar-refractivity contribution in [2.24, 2.45) is 0 Å². The predicted octanol–water partition coefficient (Wildman–Crippen LogP) is 0.811. The van der Waals surface area contributed by atoms with Crippen molar-refractivity contribution >= 4 is 11.9 Å². The van der Waals surface area contributed by atoms with Gasteiger partial charge in [0, 0.05) is 0 Å². The Balaban J connectivity index is 3.18. The second kappa shape index (κ2) is 4.10. The SMILES string of the molecule is Cc1ccc(C(O)C(=O)O)cc1C(=O)O. The van der Waals surface area contributed by atoms with Crippen molar-refractivity contribution in [1.82, 2.24) is 0 Å². The molecule has 0 saturated heterocycles. The van der Waals surface area contributed by atoms with E-state index in [1.54, 1.807) is 6.92 Å². The lowest BCUT2D eigenvalue weighted by atomic mass is 10.0. The number of aromatic carboxylic acids is 1. The van der Waals surface area contributed by atoms with Gasteiger partial charge in [-0.25, -0.2) is 9.59 Å². The van der Waals surface area contributed by atoms with Crippen molar-refractivity contribution in [2.45, 2.75) is 13.0 Å². The van der Waals surface area contributed by atoms with Gasteiger partial charge < -0.3 is 15.3 Å². The number of hydrogen-bond donors (Lipinski definition) is 3. The van der Waals surface area contributed by atoms with Crippen LogP contribution in [0.1, 0.15) is 27.6 Å². The van der Waals surface area contributed by atoms with Gasteiger partial charge in [-0.2, -0.15) is 0 Å². The lowest BCUT2D eigenvalue weighted by Crippen LogP contribution is -2.12. The quantitative estimate of drug-likeness (QED) is 0.686. The highest BCUT2D eigenvalue weighted by molar-refractivity contribution is 5.90. The van der Waals surface area contributed by atoms with Gasteiger partial charge in [0.05, 0.1) is 5.56 Å². The molecular weight excluding hydrogens is 200 g/mol. The summed E-state index contributed by atoms with van der Waals surface area (Å²) in [6.07, 6.45) is -1.69. The van der Waals surface area contributed by atoms with Gasteiger partial charge in [0.15, 0.2) is 6.10 Å². The first-order valence-corrected chi connectivity index (χ1v) is 4.18. The van der Waals surface area contributed by atoms with Gasteiger partial charge in [0.25, 0.3) is 0 Å². The summed E-state index contributed by atoms with van der Waals surface area (Å²) in [5.41, 5.74) is 0.571. The van der Waals surface area contributed by atoms with E-state index in [9.17, 15) is 14.7 Å². The van der Waals surface area contributed by atoms with Gasteiger partial charge >= 0.3 is 11.9 Å². The smallest absolute Gasteiger partial charge is 0.337 e. The topological polar surface area (TPSA) is 94.8 Å². The number of hydrogen-bond acceptors (Lipinski definition) is 3. The molecule has 1 atom stereocenters. The van der Waals surface area contributed by atoms with E-state index >= 15 is 0 Å². The third-order valence-electron chi connectivity index (χ3n) is 2.04. The number of rotatable bonds is 3. The summed E-state index contributed by atoms with van der Waals surface area (Å²) in [5.74, 6) is -2.55. The Bertz CT molecular complexity index is 410. The Morgan fingerprint density at radius 1 is 1.27 bits per heavy atom. The van der Waals surface area contributed by atoms with Crippen LogP contribution in [0.3, 0.4) is 0 Å². The van der Waals surface area contributed by atoms with Gasteiger partial charge in [-0.05, 0) is 24.1 Å². The first kappa shape index (κ1) is 11.2. The summed E-state index contributed by atoms with van der Waals surface area (Å²) in [6, 6.07) is 4.02. The average Bonchev–Trinajstić information content (AvgIpc) is 2.16. The van der Waals surface area contributed by atoms with Gasteiger partial charge in [0.1, 0.15) is 0 Å². The Kier molecular flexibility index (Phi) is 3.06. The summed E-state index contributed by atoms with van der Waals surface area (Å²) < 4.78 is 0. The maximum atomic E-state index is 10.7. The van der Waals surface area contributed by atoms with Gasteiger partial charge in [-0.15, -0.1) is 0 Å². The third kappa shape index (κ3) is 2.32. The summed E-state index contributed by atoms with van der Waals surface area (Å²) in [4.78, 5) is 21.2. The summed E-state index contributed by atoms with van der Waals surface area (Å²) in [6.45, 7) is 1.60. The molecule has 0 aliphatic rings. The number of aliphatic carboxylic acids is 1. The Morgan fingerprint density at radius 2 is 1.87 bits per heavy atom. The van der Waals surface area contributed by atoms with Crippen LogP contribution in [-0.2, 0) is 4.79 Å². The van der Waals surface area contributed by atoms with E-state index in [0.29, 0.717) is 5.56 Å². The summed E-state index contributed by atoms with van der Waals surface area (Å²) >= 11 is 0. The van der Waals surface area contributed by atoms with Crippen molar-refractivity contribution < 1.29 is 24.9 Å². The molecule has 0 saturated carbocycles. The Hall–Kier alpha value is -1.88. The van der Waals surface area contributed by atoms with Crippen molar-refractivity contribution in [1.29, 1.82) is 0 Å². The highest BCUT2D eigenvalue weighted by atomic mass is 16.4. The number of carbonyl (C=O) groups is 2. The van der Waals surface area contributed by atoms with Crippen LogP contribution in [0.5, 0.6) is 0 Å². The minimum Gasteiger partial charge on any atom is -0.479 e. The fourth-order valence-corrected chi connectivity index (χ4v) is 1.18. The molecule has 0 spiro atoms. The van der Waals surface area contributed by atoms with Crippen LogP contribution in [0.4, 0.5) is 0 Å². The Labute approximate surface area is 85.6 Å². The van der Waals surface area contributed by atoms with Crippen LogP contribution in [0, 0.1) is 6.92 Å². The maximum Gasteiger partial charge on any atom is 0.337 e. The first-order valence-electron chi connectivity index (χ1n) is 4.18. The lowest BCUT2D eigenvalue weighted by molar-refractivity contribution is -0.146. The van der Waals surface area contributed by atoms with E-state index in [2.05, 4.69) is 0 Å². The first-order chi connectivity index (χ1) is 6.93. The van der Waals surface area contributed by atoms with Crippen LogP contribution in [-0.4, -0.2) is 27.3 Å². The van der Waals surface area contributed by atoms with E-state index in [1.807, 2.05) is 0 Å². The molecule has 5 nitrogen and oxygen atoms in total. The molecule has 1 aromatic rings. The van der Waals surface area contributed by atoms with Gasteiger partial charge in [0.2, 0.25) is 0 Å². The zero-order valence-electron chi connectivity index (χ0n) is 7.97. The van der Waals surface area contributed by atoms with Crippen LogP contribution in [0.25, 0.3) is 0 Å². The normalized spacial score (nSPS) is 12.1. The molecule has 1 rings (SSSR count). The zero-order chi connectivity index (χ0) is 11.6. The second-order valence-corrected chi connectivity index (χ2v) is 3.12. The van der Waals surface area contributed by atoms with Crippen molar-refractivity contribution in [3.05, 3.63) is 34.9 Å². The van der Waals surface area contributed by atoms with Crippen molar-refractivity contribution in [3.63, 3.8) is 0 Å². The fourth-order valence-electron chi connectivity index (χ4n) is 1.18. The molecule has 0 aliphatic carbocycles. The maximum absolute atomic E-state index is 10.7. The number of aryl methyl sites for hydroxylation is 1. The number of benzene rings is 1. The highest BCUT2D eigenvalue weighted by Gasteiger charge is 2.18. The monoisotopic (exact) mass is 210 g/mol. The minimum atomic E-state index is -1.69. The van der Waals surface area contributed by atoms with E-state index in [-0.39, 0.29) is 11.1 Å². The largest absolute Gasteiger partial charge is 0.479 e. The predicted molar refractivity (Wildman–Crippen MR) is 50.7 cm³/mol. The summed E-state index contributed by atoms with van der Waals surface area (Å²) in [7, 11) is 0. The molecule has 0 aliphatic heterocycles. The van der Waals surface area contributed by atoms with E-state index in [0.717, 1.165) is 6.07 Å². The number of carboxylic acid groups (broad SMARTS) is 2. The molecule has 1 unspecified atom stereocenters. The molecule has 0 aromatic heterocycles. The molecular formula is C10H10O5. The standard InChI is InChI=1S/C10H10O5/c1-5-2-3-6(8(11)10(14)15)4-7(5)9(12)13/h2-4,8,11H,1H3,(H,12,13)(H,14,15). The van der Waals surface area contributed by atoms with Crippen LogP contribution < -0.4 is 0 Å². The van der Waals surface area contributed by atoms with E-state index < -0.39 is 18.0 Å². The summed E-state index contributed by atoms with van der Waals surface area (Å²) in [5, 5.41) is 26.5. The molecule has 0 fully saturated rings.